The Bertz CT molecular complexity index is 165. The van der Waals surface area contributed by atoms with Crippen LogP contribution in [0.1, 0.15) is 47.9 Å². The second kappa shape index (κ2) is 6.49. The van der Waals surface area contributed by atoms with Gasteiger partial charge in [0, 0.05) is 20.1 Å². The summed E-state index contributed by atoms with van der Waals surface area (Å²) in [6.07, 6.45) is 5.48. The van der Waals surface area contributed by atoms with Crippen LogP contribution in [0.2, 0.25) is 0 Å². The highest BCUT2D eigenvalue weighted by Crippen LogP contribution is 2.22. The Balaban J connectivity index is 0.00000225. The van der Waals surface area contributed by atoms with Gasteiger partial charge in [0.2, 0.25) is 0 Å². The van der Waals surface area contributed by atoms with E-state index < -0.39 is 0 Å². The Labute approximate surface area is 96.9 Å². The quantitative estimate of drug-likeness (QED) is 0.757. The summed E-state index contributed by atoms with van der Waals surface area (Å²) < 4.78 is 0. The summed E-state index contributed by atoms with van der Waals surface area (Å²) in [5.41, 5.74) is 0. The van der Waals surface area contributed by atoms with E-state index in [0.717, 1.165) is 24.5 Å². The van der Waals surface area contributed by atoms with E-state index in [0.29, 0.717) is 0 Å². The van der Waals surface area contributed by atoms with Gasteiger partial charge in [-0.15, -0.1) is 0 Å². The van der Waals surface area contributed by atoms with Crippen molar-refractivity contribution in [3.63, 3.8) is 0 Å². The van der Waals surface area contributed by atoms with Gasteiger partial charge in [-0.2, -0.15) is 0 Å². The van der Waals surface area contributed by atoms with E-state index in [9.17, 15) is 0 Å². The van der Waals surface area contributed by atoms with Gasteiger partial charge in [-0.1, -0.05) is 20.8 Å². The fourth-order valence-electron chi connectivity index (χ4n) is 2.73. The summed E-state index contributed by atoms with van der Waals surface area (Å²) in [5, 5.41) is 3.57. The molecule has 1 N–H and O–H groups in total. The number of nitrogens with zero attached hydrogens (tertiary/aromatic N) is 1. The minimum Gasteiger partial charge on any atom is -0.314 e. The fourth-order valence-corrected chi connectivity index (χ4v) is 2.73. The van der Waals surface area contributed by atoms with Crippen molar-refractivity contribution in [1.29, 1.82) is 0 Å². The maximum Gasteiger partial charge on any atom is 0.00934 e. The lowest BCUT2D eigenvalue weighted by atomic mass is 9.90. The van der Waals surface area contributed by atoms with Crippen LogP contribution in [0.15, 0.2) is 0 Å². The lowest BCUT2D eigenvalue weighted by molar-refractivity contribution is 0.160. The van der Waals surface area contributed by atoms with Crippen molar-refractivity contribution < 1.29 is 1.43 Å². The molecule has 0 heterocycles. The number of hydrogen-bond donors (Lipinski definition) is 1. The predicted octanol–water partition coefficient (Wildman–Crippen LogP) is 2.74. The molecule has 0 unspecified atom stereocenters. The molecule has 1 rings (SSSR count). The highest BCUT2D eigenvalue weighted by atomic mass is 15.1. The van der Waals surface area contributed by atoms with E-state index in [-0.39, 0.29) is 1.43 Å². The molecule has 1 aliphatic carbocycles. The predicted molar refractivity (Wildman–Crippen MR) is 69.3 cm³/mol. The molecule has 0 atom stereocenters. The zero-order valence-electron chi connectivity index (χ0n) is 10.9. The molecule has 0 aromatic heterocycles. The van der Waals surface area contributed by atoms with E-state index >= 15 is 0 Å². The maximum absolute atomic E-state index is 3.57. The molecule has 1 fully saturated rings. The first-order chi connectivity index (χ1) is 7.13. The van der Waals surface area contributed by atoms with E-state index in [1.807, 2.05) is 0 Å². The van der Waals surface area contributed by atoms with Crippen LogP contribution in [-0.4, -0.2) is 37.1 Å². The van der Waals surface area contributed by atoms with Crippen molar-refractivity contribution in [1.82, 2.24) is 10.2 Å². The lowest BCUT2D eigenvalue weighted by Crippen LogP contribution is -2.41. The Morgan fingerprint density at radius 1 is 1.27 bits per heavy atom. The molecule has 92 valence electrons. The summed E-state index contributed by atoms with van der Waals surface area (Å²) in [6, 6.07) is 1.63. The molecule has 0 aliphatic heterocycles. The summed E-state index contributed by atoms with van der Waals surface area (Å²) >= 11 is 0. The van der Waals surface area contributed by atoms with Crippen LogP contribution >= 0.6 is 0 Å². The first-order valence-corrected chi connectivity index (χ1v) is 6.57. The van der Waals surface area contributed by atoms with E-state index in [1.54, 1.807) is 0 Å². The molecule has 2 nitrogen and oxygen atoms in total. The van der Waals surface area contributed by atoms with E-state index in [4.69, 9.17) is 0 Å². The van der Waals surface area contributed by atoms with Crippen LogP contribution in [0, 0.1) is 5.92 Å². The van der Waals surface area contributed by atoms with Crippen LogP contribution in [0.4, 0.5) is 0 Å². The molecule has 1 saturated carbocycles. The SMILES string of the molecule is CCNC1CCC(N(C)CC(C)C)CC1.[HH]. The average molecular weight is 214 g/mol. The summed E-state index contributed by atoms with van der Waals surface area (Å²) in [4.78, 5) is 2.56. The molecule has 0 aromatic carbocycles. The van der Waals surface area contributed by atoms with Crippen LogP contribution < -0.4 is 5.32 Å². The standard InChI is InChI=1S/C13H28N2.H2/c1-5-14-12-6-8-13(9-7-12)15(4)10-11(2)3;/h11-14H,5-10H2,1-4H3;1H. The monoisotopic (exact) mass is 214 g/mol. The van der Waals surface area contributed by atoms with Crippen molar-refractivity contribution in [3.8, 4) is 0 Å². The van der Waals surface area contributed by atoms with Gasteiger partial charge < -0.3 is 10.2 Å². The third kappa shape index (κ3) is 4.52. The Kier molecular flexibility index (Phi) is 5.62. The largest absolute Gasteiger partial charge is 0.314 e. The second-order valence-corrected chi connectivity index (χ2v) is 5.40. The topological polar surface area (TPSA) is 15.3 Å². The van der Waals surface area contributed by atoms with Crippen molar-refractivity contribution in [2.24, 2.45) is 5.92 Å². The van der Waals surface area contributed by atoms with Crippen molar-refractivity contribution >= 4 is 0 Å². The second-order valence-electron chi connectivity index (χ2n) is 5.40. The maximum atomic E-state index is 3.57. The van der Waals surface area contributed by atoms with Crippen LogP contribution in [0.5, 0.6) is 0 Å². The molecule has 0 amide bonds. The zero-order chi connectivity index (χ0) is 11.3. The van der Waals surface area contributed by atoms with Gasteiger partial charge >= 0.3 is 0 Å². The summed E-state index contributed by atoms with van der Waals surface area (Å²) in [5.74, 6) is 0.793. The van der Waals surface area contributed by atoms with E-state index in [2.05, 4.69) is 38.0 Å². The molecule has 0 radical (unpaired) electrons. The van der Waals surface area contributed by atoms with Crippen LogP contribution in [0.3, 0.4) is 0 Å². The van der Waals surface area contributed by atoms with Gasteiger partial charge in [0.1, 0.15) is 0 Å². The lowest BCUT2D eigenvalue weighted by Gasteiger charge is -2.35. The molecule has 0 saturated heterocycles. The van der Waals surface area contributed by atoms with Crippen molar-refractivity contribution in [3.05, 3.63) is 0 Å². The smallest absolute Gasteiger partial charge is 0.00934 e. The minimum atomic E-state index is 0. The van der Waals surface area contributed by atoms with Crippen LogP contribution in [0.25, 0.3) is 0 Å². The minimum absolute atomic E-state index is 0. The number of nitrogens with one attached hydrogen (secondary N) is 1. The highest BCUT2D eigenvalue weighted by Gasteiger charge is 2.23. The Hall–Kier alpha value is -0.0800. The van der Waals surface area contributed by atoms with Gasteiger partial charge in [0.25, 0.3) is 0 Å². The average Bonchev–Trinajstić information content (AvgIpc) is 2.18. The van der Waals surface area contributed by atoms with Crippen molar-refractivity contribution in [2.45, 2.75) is 58.5 Å². The number of rotatable bonds is 5. The normalized spacial score (nSPS) is 27.6. The van der Waals surface area contributed by atoms with Gasteiger partial charge in [0.05, 0.1) is 0 Å². The fraction of sp³-hybridized carbons (Fsp3) is 1.00. The summed E-state index contributed by atoms with van der Waals surface area (Å²) in [7, 11) is 2.29. The van der Waals surface area contributed by atoms with Gasteiger partial charge in [-0.25, -0.2) is 0 Å². The molecule has 15 heavy (non-hydrogen) atoms. The van der Waals surface area contributed by atoms with Crippen molar-refractivity contribution in [2.75, 3.05) is 20.1 Å². The van der Waals surface area contributed by atoms with Crippen LogP contribution in [-0.2, 0) is 0 Å². The molecular weight excluding hydrogens is 184 g/mol. The molecule has 2 heteroatoms. The molecule has 0 bridgehead atoms. The third-order valence-electron chi connectivity index (χ3n) is 3.47. The zero-order valence-corrected chi connectivity index (χ0v) is 10.9. The van der Waals surface area contributed by atoms with Gasteiger partial charge in [0.15, 0.2) is 0 Å². The van der Waals surface area contributed by atoms with Gasteiger partial charge in [-0.3, -0.25) is 0 Å². The van der Waals surface area contributed by atoms with Gasteiger partial charge in [-0.05, 0) is 45.2 Å². The van der Waals surface area contributed by atoms with E-state index in [1.165, 1.54) is 32.2 Å². The molecule has 1 aliphatic rings. The third-order valence-corrected chi connectivity index (χ3v) is 3.47. The molecular formula is C13H30N2. The highest BCUT2D eigenvalue weighted by molar-refractivity contribution is 4.81. The Morgan fingerprint density at radius 3 is 2.33 bits per heavy atom. The first-order valence-electron chi connectivity index (χ1n) is 6.57. The number of hydrogen-bond acceptors (Lipinski definition) is 2. The first kappa shape index (κ1) is 13.0. The molecule has 0 spiro atoms. The Morgan fingerprint density at radius 2 is 1.87 bits per heavy atom. The summed E-state index contributed by atoms with van der Waals surface area (Å²) in [6.45, 7) is 9.19. The molecule has 0 aromatic rings.